The van der Waals surface area contributed by atoms with E-state index in [1.54, 1.807) is 6.20 Å². The van der Waals surface area contributed by atoms with E-state index in [1.807, 2.05) is 44.2 Å². The lowest BCUT2D eigenvalue weighted by Gasteiger charge is -2.39. The van der Waals surface area contributed by atoms with E-state index >= 15 is 0 Å². The first-order chi connectivity index (χ1) is 13.8. The van der Waals surface area contributed by atoms with Crippen LogP contribution >= 0.6 is 15.9 Å². The molecule has 0 spiro atoms. The van der Waals surface area contributed by atoms with Crippen molar-refractivity contribution in [1.82, 2.24) is 25.7 Å². The van der Waals surface area contributed by atoms with Gasteiger partial charge in [0.05, 0.1) is 18.3 Å². The van der Waals surface area contributed by atoms with Crippen LogP contribution in [0.1, 0.15) is 39.1 Å². The van der Waals surface area contributed by atoms with E-state index in [4.69, 9.17) is 9.84 Å². The molecule has 1 saturated heterocycles. The van der Waals surface area contributed by atoms with Crippen molar-refractivity contribution in [2.45, 2.75) is 45.5 Å². The second-order valence-electron chi connectivity index (χ2n) is 7.84. The van der Waals surface area contributed by atoms with Crippen LogP contribution in [0, 0.1) is 11.8 Å². The predicted molar refractivity (Wildman–Crippen MR) is 113 cm³/mol. The number of rotatable bonds is 8. The molecule has 2 heterocycles. The van der Waals surface area contributed by atoms with Crippen LogP contribution in [0.3, 0.4) is 0 Å². The van der Waals surface area contributed by atoms with Crippen LogP contribution in [0.2, 0.25) is 0 Å². The van der Waals surface area contributed by atoms with E-state index in [1.165, 1.54) is 0 Å². The molecule has 0 aliphatic carbocycles. The van der Waals surface area contributed by atoms with E-state index in [2.05, 4.69) is 48.6 Å². The molecule has 0 radical (unpaired) electrons. The van der Waals surface area contributed by atoms with Gasteiger partial charge >= 0.3 is 6.09 Å². The van der Waals surface area contributed by atoms with Crippen molar-refractivity contribution < 1.29 is 14.6 Å². The van der Waals surface area contributed by atoms with Crippen LogP contribution in [-0.2, 0) is 0 Å². The van der Waals surface area contributed by atoms with E-state index in [9.17, 15) is 4.79 Å². The van der Waals surface area contributed by atoms with Crippen LogP contribution < -0.4 is 15.6 Å². The minimum absolute atomic E-state index is 0.0397. The molecule has 2 aromatic rings. The molecule has 1 aromatic heterocycles. The van der Waals surface area contributed by atoms with Gasteiger partial charge in [0.25, 0.3) is 0 Å². The van der Waals surface area contributed by atoms with Crippen molar-refractivity contribution in [3.63, 3.8) is 0 Å². The zero-order valence-electron chi connectivity index (χ0n) is 16.8. The van der Waals surface area contributed by atoms with Gasteiger partial charge in [-0.1, -0.05) is 39.0 Å². The minimum Gasteiger partial charge on any atom is -0.473 e. The van der Waals surface area contributed by atoms with Crippen LogP contribution in [0.25, 0.3) is 0 Å². The molecule has 1 aliphatic rings. The normalized spacial score (nSPS) is 21.8. The number of carboxylic acid groups (broad SMARTS) is 1. The Balaban J connectivity index is 1.94. The van der Waals surface area contributed by atoms with E-state index < -0.39 is 12.3 Å². The van der Waals surface area contributed by atoms with Gasteiger partial charge < -0.3 is 14.8 Å². The molecule has 8 nitrogen and oxygen atoms in total. The fourth-order valence-electron chi connectivity index (χ4n) is 3.81. The smallest absolute Gasteiger partial charge is 0.419 e. The molecule has 1 fully saturated rings. The van der Waals surface area contributed by atoms with E-state index in [0.29, 0.717) is 5.92 Å². The maximum absolute atomic E-state index is 11.1. The van der Waals surface area contributed by atoms with Gasteiger partial charge in [0, 0.05) is 6.54 Å². The molecule has 1 aliphatic heterocycles. The third-order valence-corrected chi connectivity index (χ3v) is 5.53. The number of likely N-dealkylation sites (tertiary alicyclic amines) is 1. The number of imidazole rings is 1. The highest BCUT2D eigenvalue weighted by atomic mass is 79.9. The number of hydrazine groups is 1. The van der Waals surface area contributed by atoms with Crippen molar-refractivity contribution in [3.05, 3.63) is 47.0 Å². The summed E-state index contributed by atoms with van der Waals surface area (Å²) < 4.78 is 7.27. The summed E-state index contributed by atoms with van der Waals surface area (Å²) >= 11 is 3.44. The Labute approximate surface area is 179 Å². The van der Waals surface area contributed by atoms with Gasteiger partial charge in [-0.3, -0.25) is 10.3 Å². The second kappa shape index (κ2) is 9.60. The molecule has 4 atom stereocenters. The Morgan fingerprint density at radius 3 is 2.69 bits per heavy atom. The second-order valence-corrected chi connectivity index (χ2v) is 8.69. The molecular formula is C20H28BrN5O3. The summed E-state index contributed by atoms with van der Waals surface area (Å²) in [7, 11) is 0. The first kappa shape index (κ1) is 21.6. The zero-order valence-corrected chi connectivity index (χ0v) is 18.4. The van der Waals surface area contributed by atoms with Crippen LogP contribution in [-0.4, -0.2) is 44.9 Å². The minimum atomic E-state index is -1.13. The molecule has 0 saturated carbocycles. The van der Waals surface area contributed by atoms with Gasteiger partial charge in [-0.25, -0.2) is 15.2 Å². The number of nitrogens with zero attached hydrogens (tertiary/aromatic N) is 2. The number of benzene rings is 1. The van der Waals surface area contributed by atoms with Crippen LogP contribution in [0.5, 0.6) is 5.75 Å². The standard InChI is InChI=1S/C20H28BrN5O3/c1-12(2)17(24-25-20(27)28)19(29-14-7-5-4-6-8-14)26-11-13(3)9-15(26)18-22-10-16(21)23-18/h4-8,10,12-13,15,17,19,24-25H,9,11H2,1-3H3,(H,22,23)(H,27,28)/t13-,15-,17?,19-/m0/s1. The quantitative estimate of drug-likeness (QED) is 0.442. The van der Waals surface area contributed by atoms with Gasteiger partial charge in [-0.15, -0.1) is 0 Å². The average molecular weight is 466 g/mol. The van der Waals surface area contributed by atoms with Crippen LogP contribution in [0.4, 0.5) is 4.79 Å². The van der Waals surface area contributed by atoms with Gasteiger partial charge in [-0.05, 0) is 46.3 Å². The fourth-order valence-corrected chi connectivity index (χ4v) is 4.11. The maximum atomic E-state index is 11.1. The van der Waals surface area contributed by atoms with Gasteiger partial charge in [0.1, 0.15) is 16.2 Å². The highest BCUT2D eigenvalue weighted by molar-refractivity contribution is 9.10. The summed E-state index contributed by atoms with van der Waals surface area (Å²) in [5.41, 5.74) is 5.27. The lowest BCUT2D eigenvalue weighted by Crippen LogP contribution is -2.59. The summed E-state index contributed by atoms with van der Waals surface area (Å²) in [4.78, 5) is 21.2. The summed E-state index contributed by atoms with van der Waals surface area (Å²) in [6.45, 7) is 7.11. The number of hydrogen-bond donors (Lipinski definition) is 4. The van der Waals surface area contributed by atoms with Crippen LogP contribution in [0.15, 0.2) is 41.1 Å². The molecule has 9 heteroatoms. The highest BCUT2D eigenvalue weighted by Gasteiger charge is 2.42. The fraction of sp³-hybridized carbons (Fsp3) is 0.500. The average Bonchev–Trinajstić information content (AvgIpc) is 3.26. The molecule has 158 valence electrons. The Bertz CT molecular complexity index is 800. The van der Waals surface area contributed by atoms with Crippen molar-refractivity contribution in [1.29, 1.82) is 0 Å². The topological polar surface area (TPSA) is 103 Å². The number of aromatic amines is 1. The molecule has 3 rings (SSSR count). The molecule has 1 unspecified atom stereocenters. The first-order valence-electron chi connectivity index (χ1n) is 9.77. The Morgan fingerprint density at radius 2 is 2.10 bits per heavy atom. The number of amides is 1. The largest absolute Gasteiger partial charge is 0.473 e. The molecule has 1 aromatic carbocycles. The summed E-state index contributed by atoms with van der Waals surface area (Å²) in [6.07, 6.45) is 1.16. The Kier molecular flexibility index (Phi) is 7.15. The third-order valence-electron chi connectivity index (χ3n) is 5.13. The monoisotopic (exact) mass is 465 g/mol. The number of para-hydroxylation sites is 1. The molecular weight excluding hydrogens is 438 g/mol. The number of halogens is 1. The number of hydrogen-bond acceptors (Lipinski definition) is 5. The molecule has 4 N–H and O–H groups in total. The Morgan fingerprint density at radius 1 is 1.38 bits per heavy atom. The highest BCUT2D eigenvalue weighted by Crippen LogP contribution is 2.37. The number of aromatic nitrogens is 2. The number of nitrogens with one attached hydrogen (secondary N) is 3. The van der Waals surface area contributed by atoms with Crippen molar-refractivity contribution >= 4 is 22.0 Å². The predicted octanol–water partition coefficient (Wildman–Crippen LogP) is 3.76. The first-order valence-corrected chi connectivity index (χ1v) is 10.6. The maximum Gasteiger partial charge on any atom is 0.419 e. The van der Waals surface area contributed by atoms with Crippen molar-refractivity contribution in [3.8, 4) is 5.75 Å². The van der Waals surface area contributed by atoms with E-state index in [-0.39, 0.29) is 18.0 Å². The number of carbonyl (C=O) groups is 1. The molecule has 0 bridgehead atoms. The summed E-state index contributed by atoms with van der Waals surface area (Å²) in [5.74, 6) is 2.16. The zero-order chi connectivity index (χ0) is 21.0. The molecule has 1 amide bonds. The van der Waals surface area contributed by atoms with Crippen molar-refractivity contribution in [2.75, 3.05) is 6.54 Å². The lowest BCUT2D eigenvalue weighted by atomic mass is 10.0. The van der Waals surface area contributed by atoms with E-state index in [0.717, 1.165) is 29.1 Å². The number of ether oxygens (including phenoxy) is 1. The Hall–Kier alpha value is -2.10. The van der Waals surface area contributed by atoms with Crippen molar-refractivity contribution in [2.24, 2.45) is 11.8 Å². The number of H-pyrrole nitrogens is 1. The summed E-state index contributed by atoms with van der Waals surface area (Å²) in [5, 5.41) is 9.11. The van der Waals surface area contributed by atoms with Gasteiger partial charge in [0.15, 0.2) is 6.23 Å². The molecule has 29 heavy (non-hydrogen) atoms. The van der Waals surface area contributed by atoms with Gasteiger partial charge in [0.2, 0.25) is 0 Å². The lowest BCUT2D eigenvalue weighted by molar-refractivity contribution is -0.0304. The summed E-state index contributed by atoms with van der Waals surface area (Å²) in [6, 6.07) is 9.36. The SMILES string of the molecule is CC(C)C(NNC(=O)O)[C@H](Oc1ccccc1)N1C[C@@H](C)C[C@H]1c1ncc(Br)[nH]1. The van der Waals surface area contributed by atoms with Gasteiger partial charge in [-0.2, -0.15) is 0 Å². The third kappa shape index (κ3) is 5.49.